The van der Waals surface area contributed by atoms with Gasteiger partial charge in [0.25, 0.3) is 5.91 Å². The third-order valence-corrected chi connectivity index (χ3v) is 6.17. The van der Waals surface area contributed by atoms with Crippen LogP contribution in [-0.4, -0.2) is 22.8 Å². The van der Waals surface area contributed by atoms with Crippen molar-refractivity contribution >= 4 is 44.5 Å². The van der Waals surface area contributed by atoms with E-state index in [1.54, 1.807) is 23.3 Å². The molecule has 0 saturated heterocycles. The summed E-state index contributed by atoms with van der Waals surface area (Å²) in [7, 11) is 1.80. The molecule has 1 amide bonds. The highest BCUT2D eigenvalue weighted by Gasteiger charge is 2.21. The monoisotopic (exact) mass is 379 g/mol. The standard InChI is InChI=1S/C20H17N3OS2/c1-23(12-13-6-3-2-4-7-13)20(24)18-17(21)14-9-10-15(22-19(14)26-18)16-8-5-11-25-16/h2-11H,12,21H2,1H3. The lowest BCUT2D eigenvalue weighted by molar-refractivity contribution is 0.0791. The summed E-state index contributed by atoms with van der Waals surface area (Å²) >= 11 is 3.00. The summed E-state index contributed by atoms with van der Waals surface area (Å²) in [5.41, 5.74) is 8.77. The molecule has 0 aliphatic carbocycles. The van der Waals surface area contributed by atoms with Crippen LogP contribution in [0, 0.1) is 0 Å². The maximum Gasteiger partial charge on any atom is 0.266 e. The first-order valence-corrected chi connectivity index (χ1v) is 9.85. The number of nitrogens with zero attached hydrogens (tertiary/aromatic N) is 2. The molecule has 2 N–H and O–H groups in total. The molecule has 0 atom stereocenters. The summed E-state index contributed by atoms with van der Waals surface area (Å²) in [4.78, 5) is 21.7. The van der Waals surface area contributed by atoms with Crippen molar-refractivity contribution in [1.29, 1.82) is 0 Å². The molecule has 6 heteroatoms. The molecule has 0 aliphatic heterocycles. The number of hydrogen-bond donors (Lipinski definition) is 1. The van der Waals surface area contributed by atoms with Crippen LogP contribution in [0.15, 0.2) is 60.0 Å². The van der Waals surface area contributed by atoms with Gasteiger partial charge in [0.2, 0.25) is 0 Å². The van der Waals surface area contributed by atoms with Crippen LogP contribution in [0.5, 0.6) is 0 Å². The topological polar surface area (TPSA) is 59.2 Å². The average Bonchev–Trinajstić information content (AvgIpc) is 3.30. The van der Waals surface area contributed by atoms with E-state index in [0.717, 1.165) is 26.4 Å². The minimum atomic E-state index is -0.0768. The number of carbonyl (C=O) groups is 1. The first-order chi connectivity index (χ1) is 12.6. The lowest BCUT2D eigenvalue weighted by atomic mass is 10.2. The number of fused-ring (bicyclic) bond motifs is 1. The highest BCUT2D eigenvalue weighted by molar-refractivity contribution is 7.21. The van der Waals surface area contributed by atoms with Gasteiger partial charge in [-0.2, -0.15) is 0 Å². The lowest BCUT2D eigenvalue weighted by Crippen LogP contribution is -2.26. The van der Waals surface area contributed by atoms with Gasteiger partial charge in [0.1, 0.15) is 9.71 Å². The normalized spacial score (nSPS) is 11.0. The fraction of sp³-hybridized carbons (Fsp3) is 0.100. The van der Waals surface area contributed by atoms with Gasteiger partial charge in [-0.25, -0.2) is 4.98 Å². The van der Waals surface area contributed by atoms with Crippen molar-refractivity contribution < 1.29 is 4.79 Å². The molecule has 4 rings (SSSR count). The number of aromatic nitrogens is 1. The second kappa shape index (κ2) is 6.90. The number of thiophene rings is 2. The molecule has 130 valence electrons. The number of rotatable bonds is 4. The molecule has 0 fully saturated rings. The number of nitrogens with two attached hydrogens (primary N) is 1. The van der Waals surface area contributed by atoms with Gasteiger partial charge in [0.05, 0.1) is 16.3 Å². The Morgan fingerprint density at radius 3 is 2.65 bits per heavy atom. The van der Waals surface area contributed by atoms with E-state index in [-0.39, 0.29) is 5.91 Å². The van der Waals surface area contributed by atoms with Crippen molar-refractivity contribution in [2.75, 3.05) is 12.8 Å². The molecule has 3 heterocycles. The maximum absolute atomic E-state index is 12.9. The maximum atomic E-state index is 12.9. The number of amides is 1. The zero-order valence-corrected chi connectivity index (χ0v) is 15.8. The smallest absolute Gasteiger partial charge is 0.266 e. The third kappa shape index (κ3) is 3.09. The Hall–Kier alpha value is -2.70. The zero-order valence-electron chi connectivity index (χ0n) is 14.2. The summed E-state index contributed by atoms with van der Waals surface area (Å²) in [5.74, 6) is -0.0768. The van der Waals surface area contributed by atoms with Gasteiger partial charge < -0.3 is 10.6 Å². The van der Waals surface area contributed by atoms with Gasteiger partial charge in [-0.1, -0.05) is 36.4 Å². The third-order valence-electron chi connectivity index (χ3n) is 4.17. The molecular formula is C20H17N3OS2. The molecule has 0 spiro atoms. The van der Waals surface area contributed by atoms with Gasteiger partial charge in [0.15, 0.2) is 0 Å². The van der Waals surface area contributed by atoms with Crippen LogP contribution in [0.1, 0.15) is 15.2 Å². The van der Waals surface area contributed by atoms with E-state index in [4.69, 9.17) is 10.7 Å². The molecule has 0 unspecified atom stereocenters. The first kappa shape index (κ1) is 16.8. The van der Waals surface area contributed by atoms with E-state index in [2.05, 4.69) is 0 Å². The van der Waals surface area contributed by atoms with Crippen LogP contribution < -0.4 is 5.73 Å². The second-order valence-electron chi connectivity index (χ2n) is 6.02. The van der Waals surface area contributed by atoms with Crippen LogP contribution in [0.2, 0.25) is 0 Å². The van der Waals surface area contributed by atoms with Gasteiger partial charge >= 0.3 is 0 Å². The highest BCUT2D eigenvalue weighted by atomic mass is 32.1. The van der Waals surface area contributed by atoms with E-state index in [9.17, 15) is 4.79 Å². The molecule has 0 radical (unpaired) electrons. The van der Waals surface area contributed by atoms with Crippen LogP contribution in [0.4, 0.5) is 5.69 Å². The zero-order chi connectivity index (χ0) is 18.1. The summed E-state index contributed by atoms with van der Waals surface area (Å²) < 4.78 is 0. The summed E-state index contributed by atoms with van der Waals surface area (Å²) in [6.07, 6.45) is 0. The van der Waals surface area contributed by atoms with E-state index in [0.29, 0.717) is 17.1 Å². The number of hydrogen-bond acceptors (Lipinski definition) is 5. The minimum Gasteiger partial charge on any atom is -0.397 e. The van der Waals surface area contributed by atoms with Crippen LogP contribution in [-0.2, 0) is 6.54 Å². The summed E-state index contributed by atoms with van der Waals surface area (Å²) in [5, 5.41) is 2.86. The Morgan fingerprint density at radius 1 is 1.12 bits per heavy atom. The van der Waals surface area contributed by atoms with Crippen LogP contribution in [0.25, 0.3) is 20.8 Å². The molecule has 0 aliphatic rings. The molecule has 4 nitrogen and oxygen atoms in total. The average molecular weight is 380 g/mol. The van der Waals surface area contributed by atoms with Gasteiger partial charge in [-0.15, -0.1) is 22.7 Å². The largest absolute Gasteiger partial charge is 0.397 e. The fourth-order valence-electron chi connectivity index (χ4n) is 2.82. The molecular weight excluding hydrogens is 362 g/mol. The van der Waals surface area contributed by atoms with Crippen molar-refractivity contribution in [1.82, 2.24) is 9.88 Å². The number of nitrogen functional groups attached to an aromatic ring is 1. The Labute approximate surface area is 159 Å². The van der Waals surface area contributed by atoms with E-state index < -0.39 is 0 Å². The van der Waals surface area contributed by atoms with Crippen LogP contribution in [0.3, 0.4) is 0 Å². The lowest BCUT2D eigenvalue weighted by Gasteiger charge is -2.16. The molecule has 4 aromatic rings. The van der Waals surface area contributed by atoms with Gasteiger partial charge in [-0.3, -0.25) is 4.79 Å². The quantitative estimate of drug-likeness (QED) is 0.550. The predicted molar refractivity (Wildman–Crippen MR) is 110 cm³/mol. The predicted octanol–water partition coefficient (Wildman–Crippen LogP) is 4.88. The van der Waals surface area contributed by atoms with Crippen molar-refractivity contribution in [2.24, 2.45) is 0 Å². The second-order valence-corrected chi connectivity index (χ2v) is 7.96. The Bertz CT molecular complexity index is 1060. The molecule has 0 bridgehead atoms. The number of carbonyl (C=O) groups excluding carboxylic acids is 1. The van der Waals surface area contributed by atoms with Crippen molar-refractivity contribution in [3.63, 3.8) is 0 Å². The van der Waals surface area contributed by atoms with Crippen molar-refractivity contribution in [3.8, 4) is 10.6 Å². The Kier molecular flexibility index (Phi) is 4.44. The molecule has 0 saturated carbocycles. The van der Waals surface area contributed by atoms with Crippen molar-refractivity contribution in [2.45, 2.75) is 6.54 Å². The molecule has 3 aromatic heterocycles. The Balaban J connectivity index is 1.65. The Morgan fingerprint density at radius 2 is 1.92 bits per heavy atom. The van der Waals surface area contributed by atoms with Crippen molar-refractivity contribution in [3.05, 3.63) is 70.4 Å². The number of anilines is 1. The van der Waals surface area contributed by atoms with E-state index >= 15 is 0 Å². The van der Waals surface area contributed by atoms with Gasteiger partial charge in [0, 0.05) is 19.0 Å². The fourth-order valence-corrected chi connectivity index (χ4v) is 4.60. The number of benzene rings is 1. The highest BCUT2D eigenvalue weighted by Crippen LogP contribution is 2.35. The van der Waals surface area contributed by atoms with E-state index in [1.807, 2.05) is 60.0 Å². The van der Waals surface area contributed by atoms with E-state index in [1.165, 1.54) is 11.3 Å². The molecule has 26 heavy (non-hydrogen) atoms. The SMILES string of the molecule is CN(Cc1ccccc1)C(=O)c1sc2nc(-c3cccs3)ccc2c1N. The summed E-state index contributed by atoms with van der Waals surface area (Å²) in [6, 6.07) is 17.9. The first-order valence-electron chi connectivity index (χ1n) is 8.16. The summed E-state index contributed by atoms with van der Waals surface area (Å²) in [6.45, 7) is 0.543. The number of pyridine rings is 1. The molecule has 1 aromatic carbocycles. The minimum absolute atomic E-state index is 0.0768. The van der Waals surface area contributed by atoms with Crippen LogP contribution >= 0.6 is 22.7 Å². The van der Waals surface area contributed by atoms with Gasteiger partial charge in [-0.05, 0) is 29.1 Å².